The first-order valence-corrected chi connectivity index (χ1v) is 6.95. The smallest absolute Gasteiger partial charge is 0.262 e. The molecule has 0 bridgehead atoms. The van der Waals surface area contributed by atoms with Gasteiger partial charge in [-0.2, -0.15) is 0 Å². The summed E-state index contributed by atoms with van der Waals surface area (Å²) in [5.74, 6) is -0.350. The molecule has 110 valence electrons. The van der Waals surface area contributed by atoms with Crippen molar-refractivity contribution in [3.05, 3.63) is 58.3 Å². The highest BCUT2D eigenvalue weighted by atomic mass is 79.9. The van der Waals surface area contributed by atoms with Crippen LogP contribution in [0.3, 0.4) is 0 Å². The van der Waals surface area contributed by atoms with Gasteiger partial charge in [0.1, 0.15) is 11.6 Å². The Balaban J connectivity index is 1.92. The maximum Gasteiger partial charge on any atom is 0.262 e. The molecule has 0 saturated heterocycles. The zero-order chi connectivity index (χ0) is 15.2. The van der Waals surface area contributed by atoms with Crippen molar-refractivity contribution in [2.45, 2.75) is 6.61 Å². The van der Waals surface area contributed by atoms with Crippen LogP contribution in [0.1, 0.15) is 5.56 Å². The Kier molecular flexibility index (Phi) is 5.30. The summed E-state index contributed by atoms with van der Waals surface area (Å²) in [6, 6.07) is 10.8. The quantitative estimate of drug-likeness (QED) is 0.868. The molecular formula is C15H13BrFNO3. The Morgan fingerprint density at radius 1 is 1.29 bits per heavy atom. The van der Waals surface area contributed by atoms with Crippen LogP contribution in [0.15, 0.2) is 46.9 Å². The van der Waals surface area contributed by atoms with E-state index >= 15 is 0 Å². The molecule has 1 amide bonds. The highest BCUT2D eigenvalue weighted by Crippen LogP contribution is 2.25. The third kappa shape index (κ3) is 4.54. The normalized spacial score (nSPS) is 10.2. The van der Waals surface area contributed by atoms with Gasteiger partial charge in [-0.1, -0.05) is 12.1 Å². The van der Waals surface area contributed by atoms with Crippen molar-refractivity contribution in [2.75, 3.05) is 11.9 Å². The summed E-state index contributed by atoms with van der Waals surface area (Å²) in [5.41, 5.74) is 1.28. The number of hydrogen-bond donors (Lipinski definition) is 2. The minimum absolute atomic E-state index is 0.0945. The molecule has 0 radical (unpaired) electrons. The van der Waals surface area contributed by atoms with Crippen molar-refractivity contribution in [2.24, 2.45) is 0 Å². The van der Waals surface area contributed by atoms with Crippen LogP contribution in [-0.4, -0.2) is 17.6 Å². The molecule has 0 fully saturated rings. The summed E-state index contributed by atoms with van der Waals surface area (Å²) in [7, 11) is 0. The second-order valence-electron chi connectivity index (χ2n) is 4.27. The molecule has 0 spiro atoms. The minimum Gasteiger partial charge on any atom is -0.483 e. The molecule has 0 unspecified atom stereocenters. The van der Waals surface area contributed by atoms with E-state index in [1.165, 1.54) is 18.2 Å². The molecule has 2 aromatic carbocycles. The van der Waals surface area contributed by atoms with E-state index in [0.29, 0.717) is 21.5 Å². The number of hydrogen-bond acceptors (Lipinski definition) is 3. The molecule has 2 aromatic rings. The fraction of sp³-hybridized carbons (Fsp3) is 0.133. The van der Waals surface area contributed by atoms with Gasteiger partial charge in [-0.05, 0) is 51.8 Å². The number of benzene rings is 2. The highest BCUT2D eigenvalue weighted by Gasteiger charge is 2.07. The van der Waals surface area contributed by atoms with Crippen LogP contribution in [0.4, 0.5) is 10.1 Å². The lowest BCUT2D eigenvalue weighted by Gasteiger charge is -2.09. The number of carbonyl (C=O) groups is 1. The molecule has 6 heteroatoms. The van der Waals surface area contributed by atoms with Crippen molar-refractivity contribution >= 4 is 27.5 Å². The SMILES string of the molecule is O=C(COc1ccc(F)cc1Br)Nc1cccc(CO)c1. The van der Waals surface area contributed by atoms with Crippen LogP contribution in [-0.2, 0) is 11.4 Å². The number of aliphatic hydroxyl groups excluding tert-OH is 1. The zero-order valence-corrected chi connectivity index (χ0v) is 12.6. The van der Waals surface area contributed by atoms with Crippen LogP contribution in [0.2, 0.25) is 0 Å². The fourth-order valence-corrected chi connectivity index (χ4v) is 2.15. The second-order valence-corrected chi connectivity index (χ2v) is 5.12. The van der Waals surface area contributed by atoms with E-state index in [9.17, 15) is 9.18 Å². The average molecular weight is 354 g/mol. The van der Waals surface area contributed by atoms with Gasteiger partial charge in [0.05, 0.1) is 11.1 Å². The van der Waals surface area contributed by atoms with Gasteiger partial charge < -0.3 is 15.2 Å². The summed E-state index contributed by atoms with van der Waals surface area (Å²) >= 11 is 3.16. The van der Waals surface area contributed by atoms with Gasteiger partial charge in [-0.25, -0.2) is 4.39 Å². The first-order chi connectivity index (χ1) is 10.1. The van der Waals surface area contributed by atoms with Gasteiger partial charge in [0.2, 0.25) is 0 Å². The standard InChI is InChI=1S/C15H13BrFNO3/c16-13-7-11(17)4-5-14(13)21-9-15(20)18-12-3-1-2-10(6-12)8-19/h1-7,19H,8-9H2,(H,18,20). The van der Waals surface area contributed by atoms with E-state index in [2.05, 4.69) is 21.2 Å². The van der Waals surface area contributed by atoms with E-state index < -0.39 is 0 Å². The maximum absolute atomic E-state index is 12.9. The molecule has 0 aliphatic heterocycles. The predicted octanol–water partition coefficient (Wildman–Crippen LogP) is 3.10. The Labute approximate surface area is 129 Å². The number of ether oxygens (including phenoxy) is 1. The van der Waals surface area contributed by atoms with Crippen molar-refractivity contribution in [1.29, 1.82) is 0 Å². The van der Waals surface area contributed by atoms with Crippen molar-refractivity contribution < 1.29 is 19.0 Å². The van der Waals surface area contributed by atoms with Crippen LogP contribution in [0, 0.1) is 5.82 Å². The summed E-state index contributed by atoms with van der Waals surface area (Å²) in [4.78, 5) is 11.8. The van der Waals surface area contributed by atoms with Gasteiger partial charge in [0.25, 0.3) is 5.91 Å². The highest BCUT2D eigenvalue weighted by molar-refractivity contribution is 9.10. The number of anilines is 1. The molecule has 21 heavy (non-hydrogen) atoms. The molecule has 0 aliphatic carbocycles. The van der Waals surface area contributed by atoms with Gasteiger partial charge >= 0.3 is 0 Å². The molecule has 2 rings (SSSR count). The summed E-state index contributed by atoms with van der Waals surface area (Å²) in [6.45, 7) is -0.295. The van der Waals surface area contributed by atoms with E-state index in [4.69, 9.17) is 9.84 Å². The Bertz CT molecular complexity index is 649. The predicted molar refractivity (Wildman–Crippen MR) is 80.6 cm³/mol. The summed E-state index contributed by atoms with van der Waals surface area (Å²) in [6.07, 6.45) is 0. The number of halogens is 2. The zero-order valence-electron chi connectivity index (χ0n) is 11.0. The van der Waals surface area contributed by atoms with Crippen molar-refractivity contribution in [1.82, 2.24) is 0 Å². The monoisotopic (exact) mass is 353 g/mol. The molecule has 0 heterocycles. The lowest BCUT2D eigenvalue weighted by molar-refractivity contribution is -0.118. The van der Waals surface area contributed by atoms with E-state index in [1.807, 2.05) is 0 Å². The second kappa shape index (κ2) is 7.19. The number of rotatable bonds is 5. The fourth-order valence-electron chi connectivity index (χ4n) is 1.68. The topological polar surface area (TPSA) is 58.6 Å². The molecule has 0 saturated carbocycles. The molecule has 0 aliphatic rings. The Morgan fingerprint density at radius 3 is 2.81 bits per heavy atom. The molecule has 0 atom stereocenters. The van der Waals surface area contributed by atoms with Gasteiger partial charge in [-0.3, -0.25) is 4.79 Å². The average Bonchev–Trinajstić information content (AvgIpc) is 2.46. The van der Waals surface area contributed by atoms with Gasteiger partial charge in [-0.15, -0.1) is 0 Å². The Hall–Kier alpha value is -1.92. The molecule has 4 nitrogen and oxygen atoms in total. The lowest BCUT2D eigenvalue weighted by Crippen LogP contribution is -2.20. The van der Waals surface area contributed by atoms with Gasteiger partial charge in [0, 0.05) is 5.69 Å². The molecule has 2 N–H and O–H groups in total. The number of nitrogens with one attached hydrogen (secondary N) is 1. The summed E-state index contributed by atoms with van der Waals surface area (Å²) in [5, 5.41) is 11.7. The van der Waals surface area contributed by atoms with E-state index in [0.717, 1.165) is 0 Å². The molecule has 0 aromatic heterocycles. The third-order valence-electron chi connectivity index (χ3n) is 2.65. The van der Waals surface area contributed by atoms with Crippen LogP contribution in [0.5, 0.6) is 5.75 Å². The maximum atomic E-state index is 12.9. The van der Waals surface area contributed by atoms with E-state index in [-0.39, 0.29) is 24.9 Å². The number of carbonyl (C=O) groups excluding carboxylic acids is 1. The van der Waals surface area contributed by atoms with E-state index in [1.54, 1.807) is 24.3 Å². The van der Waals surface area contributed by atoms with Crippen LogP contribution < -0.4 is 10.1 Å². The first kappa shape index (κ1) is 15.5. The van der Waals surface area contributed by atoms with Crippen molar-refractivity contribution in [3.63, 3.8) is 0 Å². The largest absolute Gasteiger partial charge is 0.483 e. The van der Waals surface area contributed by atoms with Crippen molar-refractivity contribution in [3.8, 4) is 5.75 Å². The number of aliphatic hydroxyl groups is 1. The molecular weight excluding hydrogens is 341 g/mol. The first-order valence-electron chi connectivity index (χ1n) is 6.16. The number of amides is 1. The summed E-state index contributed by atoms with van der Waals surface area (Å²) < 4.78 is 18.7. The third-order valence-corrected chi connectivity index (χ3v) is 3.27. The minimum atomic E-state index is -0.389. The lowest BCUT2D eigenvalue weighted by atomic mass is 10.2. The van der Waals surface area contributed by atoms with Gasteiger partial charge in [0.15, 0.2) is 6.61 Å². The van der Waals surface area contributed by atoms with Crippen LogP contribution >= 0.6 is 15.9 Å². The Morgan fingerprint density at radius 2 is 2.10 bits per heavy atom. The van der Waals surface area contributed by atoms with Crippen LogP contribution in [0.25, 0.3) is 0 Å².